The van der Waals surface area contributed by atoms with Gasteiger partial charge >= 0.3 is 5.97 Å². The molecule has 0 saturated heterocycles. The van der Waals surface area contributed by atoms with Crippen molar-refractivity contribution in [3.63, 3.8) is 0 Å². The number of methoxy groups -OCH3 is 1. The summed E-state index contributed by atoms with van der Waals surface area (Å²) < 4.78 is 11.2. The van der Waals surface area contributed by atoms with Crippen LogP contribution in [0.4, 0.5) is 0 Å². The Hall–Kier alpha value is -2.72. The lowest BCUT2D eigenvalue weighted by Crippen LogP contribution is -2.05. The number of ether oxygens (including phenoxy) is 2. The maximum absolute atomic E-state index is 11.9. The van der Waals surface area contributed by atoms with Crippen LogP contribution in [-0.2, 0) is 4.79 Å². The van der Waals surface area contributed by atoms with Gasteiger partial charge in [0, 0.05) is 21.7 Å². The van der Waals surface area contributed by atoms with E-state index in [9.17, 15) is 4.79 Å². The van der Waals surface area contributed by atoms with Crippen molar-refractivity contribution in [1.29, 1.82) is 0 Å². The Bertz CT molecular complexity index is 933. The van der Waals surface area contributed by atoms with Gasteiger partial charge in [0.1, 0.15) is 5.75 Å². The normalized spacial score (nSPS) is 10.5. The molecular weight excluding hydrogens is 332 g/mol. The molecule has 0 bridgehead atoms. The zero-order valence-corrected chi connectivity index (χ0v) is 14.9. The molecular formula is C21H18O3S. The molecule has 0 saturated carbocycles. The summed E-state index contributed by atoms with van der Waals surface area (Å²) in [5, 5.41) is 1.74. The van der Waals surface area contributed by atoms with E-state index in [1.807, 2.05) is 61.5 Å². The molecule has 3 aromatic rings. The molecule has 0 unspecified atom stereocenters. The average Bonchev–Trinajstić information content (AvgIpc) is 2.64. The first-order valence-corrected chi connectivity index (χ1v) is 8.62. The van der Waals surface area contributed by atoms with Crippen molar-refractivity contribution < 1.29 is 14.3 Å². The predicted molar refractivity (Wildman–Crippen MR) is 102 cm³/mol. The number of rotatable bonds is 5. The molecule has 4 heteroatoms. The molecule has 0 spiro atoms. The molecule has 0 aliphatic rings. The Morgan fingerprint density at radius 3 is 2.52 bits per heavy atom. The summed E-state index contributed by atoms with van der Waals surface area (Å²) in [6, 6.07) is 17.8. The third kappa shape index (κ3) is 3.69. The van der Waals surface area contributed by atoms with Gasteiger partial charge in [-0.1, -0.05) is 54.2 Å². The van der Waals surface area contributed by atoms with Crippen molar-refractivity contribution >= 4 is 28.5 Å². The van der Waals surface area contributed by atoms with E-state index in [1.165, 1.54) is 17.8 Å². The lowest BCUT2D eigenvalue weighted by Gasteiger charge is -2.15. The SMILES string of the molecule is C=CC(=O)Oc1c(Sc2ccccc2)cc(OC)c2cc(C)ccc12. The Kier molecular flexibility index (Phi) is 5.10. The fraction of sp³-hybridized carbons (Fsp3) is 0.0952. The van der Waals surface area contributed by atoms with Crippen LogP contribution < -0.4 is 9.47 Å². The molecule has 0 aliphatic heterocycles. The van der Waals surface area contributed by atoms with Gasteiger partial charge in [-0.2, -0.15) is 0 Å². The van der Waals surface area contributed by atoms with Gasteiger partial charge < -0.3 is 9.47 Å². The second-order valence-corrected chi connectivity index (χ2v) is 6.61. The molecule has 0 amide bonds. The smallest absolute Gasteiger partial charge is 0.335 e. The highest BCUT2D eigenvalue weighted by atomic mass is 32.2. The lowest BCUT2D eigenvalue weighted by atomic mass is 10.1. The van der Waals surface area contributed by atoms with Crippen molar-refractivity contribution in [3.05, 3.63) is 72.8 Å². The lowest BCUT2D eigenvalue weighted by molar-refractivity contribution is -0.129. The number of esters is 1. The molecule has 3 rings (SSSR count). The Morgan fingerprint density at radius 1 is 1.08 bits per heavy atom. The second kappa shape index (κ2) is 7.45. The largest absolute Gasteiger partial charge is 0.496 e. The number of carbonyl (C=O) groups is 1. The minimum atomic E-state index is -0.484. The first-order valence-electron chi connectivity index (χ1n) is 7.81. The van der Waals surface area contributed by atoms with Gasteiger partial charge in [0.2, 0.25) is 0 Å². The van der Waals surface area contributed by atoms with E-state index in [0.717, 1.165) is 31.9 Å². The van der Waals surface area contributed by atoms with E-state index >= 15 is 0 Å². The maximum Gasteiger partial charge on any atom is 0.335 e. The topological polar surface area (TPSA) is 35.5 Å². The monoisotopic (exact) mass is 350 g/mol. The van der Waals surface area contributed by atoms with Crippen LogP contribution in [0, 0.1) is 6.92 Å². The van der Waals surface area contributed by atoms with Crippen molar-refractivity contribution in [2.75, 3.05) is 7.11 Å². The molecule has 0 aliphatic carbocycles. The number of aryl methyl sites for hydroxylation is 1. The second-order valence-electron chi connectivity index (χ2n) is 5.50. The molecule has 0 radical (unpaired) electrons. The van der Waals surface area contributed by atoms with Crippen molar-refractivity contribution in [2.24, 2.45) is 0 Å². The van der Waals surface area contributed by atoms with Crippen molar-refractivity contribution in [1.82, 2.24) is 0 Å². The van der Waals surface area contributed by atoms with Crippen LogP contribution in [0.5, 0.6) is 11.5 Å². The quantitative estimate of drug-likeness (QED) is 0.351. The Balaban J connectivity index is 2.22. The summed E-state index contributed by atoms with van der Waals surface area (Å²) in [7, 11) is 1.64. The summed E-state index contributed by atoms with van der Waals surface area (Å²) in [5.74, 6) is 0.784. The molecule has 0 N–H and O–H groups in total. The fourth-order valence-corrected chi connectivity index (χ4v) is 3.52. The van der Waals surface area contributed by atoms with Gasteiger partial charge in [-0.3, -0.25) is 0 Å². The molecule has 126 valence electrons. The highest BCUT2D eigenvalue weighted by Crippen LogP contribution is 2.44. The fourth-order valence-electron chi connectivity index (χ4n) is 2.56. The van der Waals surface area contributed by atoms with Crippen LogP contribution in [0.1, 0.15) is 5.56 Å². The summed E-state index contributed by atoms with van der Waals surface area (Å²) >= 11 is 1.52. The minimum absolute atomic E-state index is 0.484. The summed E-state index contributed by atoms with van der Waals surface area (Å²) in [6.07, 6.45) is 1.17. The molecule has 3 nitrogen and oxygen atoms in total. The van der Waals surface area contributed by atoms with Gasteiger partial charge in [0.15, 0.2) is 5.75 Å². The van der Waals surface area contributed by atoms with E-state index in [0.29, 0.717) is 5.75 Å². The number of hydrogen-bond acceptors (Lipinski definition) is 4. The molecule has 0 heterocycles. The highest BCUT2D eigenvalue weighted by molar-refractivity contribution is 7.99. The van der Waals surface area contributed by atoms with Gasteiger partial charge in [-0.15, -0.1) is 0 Å². The number of hydrogen-bond donors (Lipinski definition) is 0. The van der Waals surface area contributed by atoms with Gasteiger partial charge in [0.05, 0.1) is 12.0 Å². The first-order chi connectivity index (χ1) is 12.1. The van der Waals surface area contributed by atoms with E-state index in [2.05, 4.69) is 6.58 Å². The average molecular weight is 350 g/mol. The van der Waals surface area contributed by atoms with Crippen LogP contribution >= 0.6 is 11.8 Å². The van der Waals surface area contributed by atoms with Crippen molar-refractivity contribution in [3.8, 4) is 11.5 Å². The molecule has 25 heavy (non-hydrogen) atoms. The zero-order chi connectivity index (χ0) is 17.8. The number of carbonyl (C=O) groups excluding carboxylic acids is 1. The number of fused-ring (bicyclic) bond motifs is 1. The predicted octanol–water partition coefficient (Wildman–Crippen LogP) is 5.40. The maximum atomic E-state index is 11.9. The van der Waals surface area contributed by atoms with E-state index in [-0.39, 0.29) is 0 Å². The van der Waals surface area contributed by atoms with E-state index in [1.54, 1.807) is 7.11 Å². The van der Waals surface area contributed by atoms with Crippen LogP contribution in [0.15, 0.2) is 77.0 Å². The van der Waals surface area contributed by atoms with Gasteiger partial charge in [0.25, 0.3) is 0 Å². The standard InChI is InChI=1S/C21H18O3S/c1-4-20(22)24-21-16-11-10-14(2)12-17(16)18(23-3)13-19(21)25-15-8-6-5-7-9-15/h4-13H,1H2,2-3H3. The minimum Gasteiger partial charge on any atom is -0.496 e. The molecule has 0 aromatic heterocycles. The van der Waals surface area contributed by atoms with Crippen LogP contribution in [0.25, 0.3) is 10.8 Å². The first kappa shape index (κ1) is 17.1. The summed E-state index contributed by atoms with van der Waals surface area (Å²) in [5.41, 5.74) is 1.11. The zero-order valence-electron chi connectivity index (χ0n) is 14.1. The van der Waals surface area contributed by atoms with Crippen LogP contribution in [0.2, 0.25) is 0 Å². The van der Waals surface area contributed by atoms with Crippen molar-refractivity contribution in [2.45, 2.75) is 16.7 Å². The van der Waals surface area contributed by atoms with Gasteiger partial charge in [-0.05, 0) is 31.2 Å². The molecule has 0 fully saturated rings. The van der Waals surface area contributed by atoms with E-state index < -0.39 is 5.97 Å². The molecule has 3 aromatic carbocycles. The van der Waals surface area contributed by atoms with Crippen LogP contribution in [-0.4, -0.2) is 13.1 Å². The summed E-state index contributed by atoms with van der Waals surface area (Å²) in [4.78, 5) is 13.7. The number of benzene rings is 3. The summed E-state index contributed by atoms with van der Waals surface area (Å²) in [6.45, 7) is 5.51. The molecule has 0 atom stereocenters. The Morgan fingerprint density at radius 2 is 1.84 bits per heavy atom. The highest BCUT2D eigenvalue weighted by Gasteiger charge is 2.17. The Labute approximate surface area is 151 Å². The third-order valence-electron chi connectivity index (χ3n) is 3.73. The third-order valence-corrected chi connectivity index (χ3v) is 4.76. The van der Waals surface area contributed by atoms with E-state index in [4.69, 9.17) is 9.47 Å². The van der Waals surface area contributed by atoms with Gasteiger partial charge in [-0.25, -0.2) is 4.79 Å². The van der Waals surface area contributed by atoms with Crippen LogP contribution in [0.3, 0.4) is 0 Å².